The number of carboxylic acid groups (broad SMARTS) is 1. The Morgan fingerprint density at radius 1 is 1.17 bits per heavy atom. The molecule has 4 heteroatoms. The number of benzene rings is 1. The highest BCUT2D eigenvalue weighted by atomic mass is 16.5. The van der Waals surface area contributed by atoms with Crippen molar-refractivity contribution in [1.82, 2.24) is 0 Å². The van der Waals surface area contributed by atoms with Crippen LogP contribution < -0.4 is 4.74 Å². The zero-order valence-corrected chi connectivity index (χ0v) is 14.2. The molecule has 130 valence electrons. The maximum Gasteiger partial charge on any atom is 0.337 e. The van der Waals surface area contributed by atoms with Crippen molar-refractivity contribution >= 4 is 5.97 Å². The van der Waals surface area contributed by atoms with Crippen LogP contribution in [0.15, 0.2) is 24.3 Å². The van der Waals surface area contributed by atoms with Gasteiger partial charge in [-0.2, -0.15) is 0 Å². The fraction of sp³-hybridized carbons (Fsp3) is 0.650. The van der Waals surface area contributed by atoms with Crippen LogP contribution in [0.4, 0.5) is 0 Å². The largest absolute Gasteiger partial charge is 0.496 e. The standard InChI is InChI=1S/C20H26O4/c1-23-17-5-3-2-4-16(17)18(19(21)22)24-12-20-9-13-6-14(10-20)8-15(7-13)11-20/h2-5,13-15,18H,6-12H2,1H3,(H,21,22). The molecular formula is C20H26O4. The Morgan fingerprint density at radius 2 is 1.75 bits per heavy atom. The average Bonchev–Trinajstić information content (AvgIpc) is 2.53. The minimum Gasteiger partial charge on any atom is -0.496 e. The van der Waals surface area contributed by atoms with Crippen molar-refractivity contribution < 1.29 is 19.4 Å². The second-order valence-corrected chi connectivity index (χ2v) is 8.19. The summed E-state index contributed by atoms with van der Waals surface area (Å²) in [5, 5.41) is 9.68. The van der Waals surface area contributed by atoms with Crippen molar-refractivity contribution in [2.45, 2.75) is 44.6 Å². The van der Waals surface area contributed by atoms with Gasteiger partial charge in [-0.15, -0.1) is 0 Å². The van der Waals surface area contributed by atoms with Gasteiger partial charge in [0.05, 0.1) is 13.7 Å². The van der Waals surface area contributed by atoms with Gasteiger partial charge in [0.15, 0.2) is 6.10 Å². The average molecular weight is 330 g/mol. The molecule has 4 fully saturated rings. The summed E-state index contributed by atoms with van der Waals surface area (Å²) in [5.41, 5.74) is 0.821. The second kappa shape index (κ2) is 6.07. The fourth-order valence-electron chi connectivity index (χ4n) is 5.90. The Kier molecular flexibility index (Phi) is 4.03. The molecule has 5 rings (SSSR count). The molecule has 0 heterocycles. The Balaban J connectivity index is 1.51. The van der Waals surface area contributed by atoms with E-state index in [1.54, 1.807) is 19.2 Å². The lowest BCUT2D eigenvalue weighted by Gasteiger charge is -2.56. The van der Waals surface area contributed by atoms with Crippen LogP contribution in [0.3, 0.4) is 0 Å². The molecule has 1 atom stereocenters. The quantitative estimate of drug-likeness (QED) is 0.855. The number of hydrogen-bond acceptors (Lipinski definition) is 3. The van der Waals surface area contributed by atoms with E-state index in [4.69, 9.17) is 9.47 Å². The van der Waals surface area contributed by atoms with Crippen molar-refractivity contribution in [1.29, 1.82) is 0 Å². The third-order valence-electron chi connectivity index (χ3n) is 6.37. The second-order valence-electron chi connectivity index (χ2n) is 8.19. The van der Waals surface area contributed by atoms with E-state index in [2.05, 4.69) is 0 Å². The minimum atomic E-state index is -0.950. The molecule has 4 bridgehead atoms. The molecule has 0 aromatic heterocycles. The summed E-state index contributed by atoms with van der Waals surface area (Å²) < 4.78 is 11.4. The molecule has 0 saturated heterocycles. The van der Waals surface area contributed by atoms with Crippen molar-refractivity contribution in [3.8, 4) is 5.75 Å². The number of ether oxygens (including phenoxy) is 2. The van der Waals surface area contributed by atoms with Crippen LogP contribution in [0.1, 0.15) is 50.2 Å². The van der Waals surface area contributed by atoms with Crippen LogP contribution in [0.25, 0.3) is 0 Å². The van der Waals surface area contributed by atoms with E-state index in [9.17, 15) is 9.90 Å². The van der Waals surface area contributed by atoms with Gasteiger partial charge in [0.25, 0.3) is 0 Å². The summed E-state index contributed by atoms with van der Waals surface area (Å²) in [6.07, 6.45) is 6.86. The van der Waals surface area contributed by atoms with Crippen LogP contribution >= 0.6 is 0 Å². The van der Waals surface area contributed by atoms with E-state index in [0.717, 1.165) is 17.8 Å². The summed E-state index contributed by atoms with van der Waals surface area (Å²) in [7, 11) is 1.57. The van der Waals surface area contributed by atoms with Gasteiger partial charge < -0.3 is 14.6 Å². The van der Waals surface area contributed by atoms with E-state index < -0.39 is 12.1 Å². The molecule has 1 aromatic carbocycles. The smallest absolute Gasteiger partial charge is 0.337 e. The predicted molar refractivity (Wildman–Crippen MR) is 89.9 cm³/mol. The highest BCUT2D eigenvalue weighted by Crippen LogP contribution is 2.60. The summed E-state index contributed by atoms with van der Waals surface area (Å²) >= 11 is 0. The molecular weight excluding hydrogens is 304 g/mol. The summed E-state index contributed by atoms with van der Waals surface area (Å²) in [6, 6.07) is 7.26. The molecule has 0 radical (unpaired) electrons. The van der Waals surface area contributed by atoms with Crippen LogP contribution in [0.2, 0.25) is 0 Å². The third-order valence-corrected chi connectivity index (χ3v) is 6.37. The van der Waals surface area contributed by atoms with Gasteiger partial charge in [0, 0.05) is 5.56 Å². The van der Waals surface area contributed by atoms with E-state index in [-0.39, 0.29) is 5.41 Å². The van der Waals surface area contributed by atoms with Gasteiger partial charge in [-0.3, -0.25) is 0 Å². The molecule has 0 spiro atoms. The van der Waals surface area contributed by atoms with Gasteiger partial charge in [-0.1, -0.05) is 18.2 Å². The van der Waals surface area contributed by atoms with Gasteiger partial charge in [0.2, 0.25) is 0 Å². The van der Waals surface area contributed by atoms with Gasteiger partial charge >= 0.3 is 5.97 Å². The lowest BCUT2D eigenvalue weighted by atomic mass is 9.50. The van der Waals surface area contributed by atoms with Gasteiger partial charge in [0.1, 0.15) is 5.75 Å². The maximum absolute atomic E-state index is 11.8. The molecule has 1 aromatic rings. The molecule has 4 saturated carbocycles. The van der Waals surface area contributed by atoms with Crippen molar-refractivity contribution in [2.24, 2.45) is 23.2 Å². The first kappa shape index (κ1) is 15.9. The number of rotatable bonds is 6. The predicted octanol–water partition coefficient (Wildman–Crippen LogP) is 4.05. The zero-order chi connectivity index (χ0) is 16.7. The monoisotopic (exact) mass is 330 g/mol. The number of aliphatic carboxylic acids is 1. The molecule has 4 aliphatic carbocycles. The van der Waals surface area contributed by atoms with Crippen molar-refractivity contribution in [2.75, 3.05) is 13.7 Å². The van der Waals surface area contributed by atoms with Crippen molar-refractivity contribution in [3.05, 3.63) is 29.8 Å². The zero-order valence-electron chi connectivity index (χ0n) is 14.2. The normalized spacial score (nSPS) is 35.0. The number of hydrogen-bond donors (Lipinski definition) is 1. The first-order valence-electron chi connectivity index (χ1n) is 9.06. The summed E-state index contributed by atoms with van der Waals surface area (Å²) in [5.74, 6) is 2.16. The maximum atomic E-state index is 11.8. The first-order chi connectivity index (χ1) is 11.6. The minimum absolute atomic E-state index is 0.213. The molecule has 1 unspecified atom stereocenters. The first-order valence-corrected chi connectivity index (χ1v) is 9.06. The Bertz CT molecular complexity index is 589. The topological polar surface area (TPSA) is 55.8 Å². The molecule has 4 nitrogen and oxygen atoms in total. The van der Waals surface area contributed by atoms with E-state index in [1.165, 1.54) is 38.5 Å². The number of carboxylic acids is 1. The molecule has 24 heavy (non-hydrogen) atoms. The third kappa shape index (κ3) is 2.81. The Morgan fingerprint density at radius 3 is 2.29 bits per heavy atom. The number of carbonyl (C=O) groups is 1. The van der Waals surface area contributed by atoms with Gasteiger partial charge in [-0.25, -0.2) is 4.79 Å². The molecule has 0 amide bonds. The SMILES string of the molecule is COc1ccccc1C(OCC12CC3CC(CC(C3)C1)C2)C(=O)O. The Labute approximate surface area is 143 Å². The van der Waals surface area contributed by atoms with E-state index in [0.29, 0.717) is 17.9 Å². The van der Waals surface area contributed by atoms with E-state index >= 15 is 0 Å². The number of para-hydroxylation sites is 1. The molecule has 1 N–H and O–H groups in total. The van der Waals surface area contributed by atoms with Crippen LogP contribution in [-0.4, -0.2) is 24.8 Å². The van der Waals surface area contributed by atoms with Crippen LogP contribution in [0, 0.1) is 23.2 Å². The summed E-state index contributed by atoms with van der Waals surface area (Å²) in [6.45, 7) is 0.561. The van der Waals surface area contributed by atoms with Gasteiger partial charge in [-0.05, 0) is 67.8 Å². The number of methoxy groups -OCH3 is 1. The van der Waals surface area contributed by atoms with Crippen molar-refractivity contribution in [3.63, 3.8) is 0 Å². The fourth-order valence-corrected chi connectivity index (χ4v) is 5.90. The van der Waals surface area contributed by atoms with E-state index in [1.807, 2.05) is 12.1 Å². The Hall–Kier alpha value is -1.55. The van der Waals surface area contributed by atoms with Crippen LogP contribution in [0.5, 0.6) is 5.75 Å². The highest BCUT2D eigenvalue weighted by Gasteiger charge is 2.51. The van der Waals surface area contributed by atoms with Crippen LogP contribution in [-0.2, 0) is 9.53 Å². The molecule has 4 aliphatic rings. The summed E-state index contributed by atoms with van der Waals surface area (Å²) in [4.78, 5) is 11.8. The lowest BCUT2D eigenvalue weighted by Crippen LogP contribution is -2.48. The molecule has 0 aliphatic heterocycles. The lowest BCUT2D eigenvalue weighted by molar-refractivity contribution is -0.160. The highest BCUT2D eigenvalue weighted by molar-refractivity contribution is 5.75.